The molecule has 0 aliphatic carbocycles. The Morgan fingerprint density at radius 3 is 2.41 bits per heavy atom. The molecule has 1 unspecified atom stereocenters. The van der Waals surface area contributed by atoms with Gasteiger partial charge in [0.1, 0.15) is 6.04 Å². The van der Waals surface area contributed by atoms with Crippen LogP contribution in [0.25, 0.3) is 0 Å². The maximum absolute atomic E-state index is 10.9. The van der Waals surface area contributed by atoms with Crippen molar-refractivity contribution < 1.29 is 9.90 Å². The Morgan fingerprint density at radius 1 is 1.29 bits per heavy atom. The van der Waals surface area contributed by atoms with Gasteiger partial charge >= 0.3 is 5.97 Å². The fourth-order valence-corrected chi connectivity index (χ4v) is 2.03. The van der Waals surface area contributed by atoms with Gasteiger partial charge in [-0.05, 0) is 43.0 Å². The van der Waals surface area contributed by atoms with Crippen molar-refractivity contribution >= 4 is 5.97 Å². The fourth-order valence-electron chi connectivity index (χ4n) is 2.03. The molecule has 0 saturated carbocycles. The quantitative estimate of drug-likeness (QED) is 0.793. The monoisotopic (exact) mass is 235 g/mol. The average Bonchev–Trinajstić information content (AvgIpc) is 2.35. The van der Waals surface area contributed by atoms with E-state index in [1.165, 1.54) is 11.1 Å². The number of carboxylic acids is 1. The van der Waals surface area contributed by atoms with Crippen molar-refractivity contribution in [1.82, 2.24) is 5.32 Å². The van der Waals surface area contributed by atoms with Crippen LogP contribution in [0.5, 0.6) is 0 Å². The number of nitrogens with one attached hydrogen (secondary N) is 1. The van der Waals surface area contributed by atoms with Gasteiger partial charge in [-0.2, -0.15) is 0 Å². The van der Waals surface area contributed by atoms with E-state index in [1.54, 1.807) is 7.05 Å². The summed E-state index contributed by atoms with van der Waals surface area (Å²) in [5.74, 6) is -0.801. The maximum Gasteiger partial charge on any atom is 0.321 e. The summed E-state index contributed by atoms with van der Waals surface area (Å²) in [6.45, 7) is 4.27. The van der Waals surface area contributed by atoms with Gasteiger partial charge in [-0.3, -0.25) is 4.79 Å². The van der Waals surface area contributed by atoms with Crippen LogP contribution in [0.15, 0.2) is 18.2 Å². The lowest BCUT2D eigenvalue weighted by Gasteiger charge is -2.13. The predicted molar refractivity (Wildman–Crippen MR) is 69.4 cm³/mol. The molecular weight excluding hydrogens is 214 g/mol. The minimum absolute atomic E-state index is 0.507. The molecule has 0 fully saturated rings. The molecule has 0 aliphatic heterocycles. The van der Waals surface area contributed by atoms with Gasteiger partial charge in [0.05, 0.1) is 0 Å². The van der Waals surface area contributed by atoms with E-state index >= 15 is 0 Å². The minimum atomic E-state index is -0.801. The summed E-state index contributed by atoms with van der Waals surface area (Å²) in [6, 6.07) is 5.77. The van der Waals surface area contributed by atoms with E-state index in [1.807, 2.05) is 6.07 Å². The van der Waals surface area contributed by atoms with Crippen LogP contribution in [-0.2, 0) is 24.1 Å². The molecule has 0 heterocycles. The van der Waals surface area contributed by atoms with Gasteiger partial charge < -0.3 is 10.4 Å². The fraction of sp³-hybridized carbons (Fsp3) is 0.500. The number of carbonyl (C=O) groups is 1. The lowest BCUT2D eigenvalue weighted by atomic mass is 9.97. The largest absolute Gasteiger partial charge is 0.480 e. The molecule has 3 heteroatoms. The molecule has 0 aliphatic rings. The molecule has 0 saturated heterocycles. The number of hydrogen-bond acceptors (Lipinski definition) is 2. The van der Waals surface area contributed by atoms with Gasteiger partial charge in [0, 0.05) is 0 Å². The van der Waals surface area contributed by atoms with Crippen molar-refractivity contribution in [2.24, 2.45) is 0 Å². The Bertz CT molecular complexity index is 388. The number of aliphatic carboxylic acids is 1. The van der Waals surface area contributed by atoms with E-state index < -0.39 is 12.0 Å². The molecule has 0 spiro atoms. The van der Waals surface area contributed by atoms with Gasteiger partial charge in [-0.1, -0.05) is 32.0 Å². The zero-order chi connectivity index (χ0) is 12.8. The van der Waals surface area contributed by atoms with Crippen LogP contribution < -0.4 is 5.32 Å². The van der Waals surface area contributed by atoms with Gasteiger partial charge in [-0.15, -0.1) is 0 Å². The molecule has 1 rings (SSSR count). The van der Waals surface area contributed by atoms with Gasteiger partial charge in [0.25, 0.3) is 0 Å². The Kier molecular flexibility index (Phi) is 5.16. The number of aryl methyl sites for hydroxylation is 2. The van der Waals surface area contributed by atoms with Crippen LogP contribution in [0.3, 0.4) is 0 Å². The Hall–Kier alpha value is -1.35. The summed E-state index contributed by atoms with van der Waals surface area (Å²) in [7, 11) is 1.68. The molecular formula is C14H21NO2. The van der Waals surface area contributed by atoms with Crippen molar-refractivity contribution in [2.75, 3.05) is 7.05 Å². The number of hydrogen-bond donors (Lipinski definition) is 2. The number of rotatable bonds is 6. The van der Waals surface area contributed by atoms with Crippen LogP contribution >= 0.6 is 0 Å². The van der Waals surface area contributed by atoms with E-state index in [0.717, 1.165) is 18.4 Å². The molecule has 1 aromatic carbocycles. The number of likely N-dealkylation sites (N-methyl/N-ethyl adjacent to an activating group) is 1. The standard InChI is InChI=1S/C14H21NO2/c1-4-11-7-6-10(8-12(11)5-2)9-13(15-3)14(16)17/h6-8,13,15H,4-5,9H2,1-3H3,(H,16,17). The maximum atomic E-state index is 10.9. The SMILES string of the molecule is CCc1ccc(CC(NC)C(=O)O)cc1CC. The van der Waals surface area contributed by atoms with Crippen LogP contribution in [-0.4, -0.2) is 24.2 Å². The van der Waals surface area contributed by atoms with E-state index in [0.29, 0.717) is 6.42 Å². The second kappa shape index (κ2) is 6.40. The van der Waals surface area contributed by atoms with Crippen LogP contribution in [0.4, 0.5) is 0 Å². The van der Waals surface area contributed by atoms with Crippen molar-refractivity contribution in [3.8, 4) is 0 Å². The molecule has 3 nitrogen and oxygen atoms in total. The third-order valence-corrected chi connectivity index (χ3v) is 3.12. The Morgan fingerprint density at radius 2 is 1.94 bits per heavy atom. The second-order valence-corrected chi connectivity index (χ2v) is 4.19. The van der Waals surface area contributed by atoms with Gasteiger partial charge in [0.15, 0.2) is 0 Å². The molecule has 94 valence electrons. The van der Waals surface area contributed by atoms with E-state index in [9.17, 15) is 4.79 Å². The molecule has 17 heavy (non-hydrogen) atoms. The second-order valence-electron chi connectivity index (χ2n) is 4.19. The normalized spacial score (nSPS) is 12.4. The Labute approximate surface area is 103 Å². The lowest BCUT2D eigenvalue weighted by molar-refractivity contribution is -0.139. The van der Waals surface area contributed by atoms with Crippen LogP contribution in [0, 0.1) is 0 Å². The molecule has 1 atom stereocenters. The van der Waals surface area contributed by atoms with Gasteiger partial charge in [0.2, 0.25) is 0 Å². The minimum Gasteiger partial charge on any atom is -0.480 e. The summed E-state index contributed by atoms with van der Waals surface area (Å²) in [5.41, 5.74) is 3.76. The molecule has 0 radical (unpaired) electrons. The summed E-state index contributed by atoms with van der Waals surface area (Å²) in [5, 5.41) is 11.8. The third kappa shape index (κ3) is 3.56. The Balaban J connectivity index is 2.88. The number of benzene rings is 1. The van der Waals surface area contributed by atoms with Crippen molar-refractivity contribution in [1.29, 1.82) is 0 Å². The van der Waals surface area contributed by atoms with Crippen LogP contribution in [0.1, 0.15) is 30.5 Å². The zero-order valence-electron chi connectivity index (χ0n) is 10.8. The highest BCUT2D eigenvalue weighted by Crippen LogP contribution is 2.15. The third-order valence-electron chi connectivity index (χ3n) is 3.12. The summed E-state index contributed by atoms with van der Waals surface area (Å²) in [6.07, 6.45) is 2.55. The highest BCUT2D eigenvalue weighted by Gasteiger charge is 2.15. The average molecular weight is 235 g/mol. The first-order valence-corrected chi connectivity index (χ1v) is 6.13. The molecule has 2 N–H and O–H groups in total. The summed E-state index contributed by atoms with van der Waals surface area (Å²) in [4.78, 5) is 10.9. The lowest BCUT2D eigenvalue weighted by Crippen LogP contribution is -2.35. The predicted octanol–water partition coefficient (Wildman–Crippen LogP) is 2.03. The van der Waals surface area contributed by atoms with E-state index in [-0.39, 0.29) is 0 Å². The summed E-state index contributed by atoms with van der Waals surface area (Å²) >= 11 is 0. The molecule has 1 aromatic rings. The summed E-state index contributed by atoms with van der Waals surface area (Å²) < 4.78 is 0. The first kappa shape index (κ1) is 13.7. The van der Waals surface area contributed by atoms with E-state index in [2.05, 4.69) is 31.3 Å². The highest BCUT2D eigenvalue weighted by molar-refractivity contribution is 5.73. The first-order valence-electron chi connectivity index (χ1n) is 6.13. The van der Waals surface area contributed by atoms with Crippen molar-refractivity contribution in [3.05, 3.63) is 34.9 Å². The molecule has 0 amide bonds. The van der Waals surface area contributed by atoms with Gasteiger partial charge in [-0.25, -0.2) is 0 Å². The first-order chi connectivity index (χ1) is 8.12. The van der Waals surface area contributed by atoms with Crippen molar-refractivity contribution in [2.45, 2.75) is 39.2 Å². The molecule has 0 bridgehead atoms. The highest BCUT2D eigenvalue weighted by atomic mass is 16.4. The number of carboxylic acid groups (broad SMARTS) is 1. The molecule has 0 aromatic heterocycles. The van der Waals surface area contributed by atoms with E-state index in [4.69, 9.17) is 5.11 Å². The van der Waals surface area contributed by atoms with Crippen molar-refractivity contribution in [3.63, 3.8) is 0 Å². The zero-order valence-corrected chi connectivity index (χ0v) is 10.8. The topological polar surface area (TPSA) is 49.3 Å². The van der Waals surface area contributed by atoms with Crippen LogP contribution in [0.2, 0.25) is 0 Å². The smallest absolute Gasteiger partial charge is 0.321 e.